The Hall–Kier alpha value is -3.58. The summed E-state index contributed by atoms with van der Waals surface area (Å²) in [4.78, 5) is 33.2. The number of sulfonamides is 1. The van der Waals surface area contributed by atoms with Crippen LogP contribution in [0.1, 0.15) is 21.5 Å². The van der Waals surface area contributed by atoms with Gasteiger partial charge in [-0.2, -0.15) is 0 Å². The van der Waals surface area contributed by atoms with Crippen LogP contribution in [-0.4, -0.2) is 41.4 Å². The highest BCUT2D eigenvalue weighted by Crippen LogP contribution is 2.26. The highest BCUT2D eigenvalue weighted by atomic mass is 127. The number of para-hydroxylation sites is 1. The lowest BCUT2D eigenvalue weighted by Crippen LogP contribution is -2.42. The van der Waals surface area contributed by atoms with Gasteiger partial charge in [0.1, 0.15) is 16.5 Å². The molecule has 11 heteroatoms. The van der Waals surface area contributed by atoms with Crippen LogP contribution in [0.5, 0.6) is 0 Å². The van der Waals surface area contributed by atoms with Crippen molar-refractivity contribution in [2.24, 2.45) is 0 Å². The first-order valence-corrected chi connectivity index (χ1v) is 13.3. The van der Waals surface area contributed by atoms with E-state index < -0.39 is 27.9 Å². The van der Waals surface area contributed by atoms with Gasteiger partial charge in [-0.1, -0.05) is 35.9 Å². The van der Waals surface area contributed by atoms with Gasteiger partial charge in [0.15, 0.2) is 0 Å². The average molecular weight is 616 g/mol. The number of benzene rings is 3. The fourth-order valence-corrected chi connectivity index (χ4v) is 5.31. The van der Waals surface area contributed by atoms with E-state index in [2.05, 4.69) is 20.0 Å². The summed E-state index contributed by atoms with van der Waals surface area (Å²) in [6, 6.07) is 15.3. The first-order chi connectivity index (χ1) is 17.1. The van der Waals surface area contributed by atoms with Crippen LogP contribution in [0.2, 0.25) is 0 Å². The largest absolute Gasteiger partial charge is 0.480 e. The average Bonchev–Trinajstić information content (AvgIpc) is 2.84. The number of carboxylic acids is 1. The van der Waals surface area contributed by atoms with Crippen LogP contribution in [0.25, 0.3) is 11.0 Å². The lowest BCUT2D eigenvalue weighted by atomic mass is 10.0. The van der Waals surface area contributed by atoms with Gasteiger partial charge in [0.25, 0.3) is 15.9 Å². The van der Waals surface area contributed by atoms with Crippen molar-refractivity contribution in [1.29, 1.82) is 0 Å². The molecule has 0 radical (unpaired) electrons. The molecule has 9 nitrogen and oxygen atoms in total. The summed E-state index contributed by atoms with van der Waals surface area (Å²) < 4.78 is 29.7. The molecule has 0 bridgehead atoms. The smallest absolute Gasteiger partial charge is 0.326 e. The monoisotopic (exact) mass is 616 g/mol. The standard InChI is InChI=1S/C25H21IN4O5S/c1-15-5-7-16(8-6-15)13-21(25(32)33)29-24(31)18-10-9-17(26)14-20(18)30-36(34,35)22-4-2-3-19-23(22)28-12-11-27-19/h2-12,14,21,30H,13H2,1H3,(H,29,31)(H,32,33)/t21-/m0/s1. The van der Waals surface area contributed by atoms with Crippen LogP contribution in [0.4, 0.5) is 5.69 Å². The van der Waals surface area contributed by atoms with Crippen molar-refractivity contribution in [3.8, 4) is 0 Å². The summed E-state index contributed by atoms with van der Waals surface area (Å²) in [7, 11) is -4.16. The van der Waals surface area contributed by atoms with E-state index >= 15 is 0 Å². The number of amides is 1. The molecule has 3 N–H and O–H groups in total. The minimum absolute atomic E-state index is 0.0135. The zero-order chi connectivity index (χ0) is 25.9. The Morgan fingerprint density at radius 2 is 1.75 bits per heavy atom. The Bertz CT molecular complexity index is 1550. The maximum absolute atomic E-state index is 13.3. The second-order valence-corrected chi connectivity index (χ2v) is 10.9. The van der Waals surface area contributed by atoms with E-state index in [0.717, 1.165) is 11.1 Å². The van der Waals surface area contributed by atoms with E-state index in [0.29, 0.717) is 9.09 Å². The highest BCUT2D eigenvalue weighted by Gasteiger charge is 2.25. The number of rotatable bonds is 8. The van der Waals surface area contributed by atoms with Gasteiger partial charge in [-0.3, -0.25) is 19.5 Å². The predicted molar refractivity (Wildman–Crippen MR) is 143 cm³/mol. The molecule has 1 aromatic heterocycles. The van der Waals surface area contributed by atoms with E-state index in [1.54, 1.807) is 30.3 Å². The number of nitrogens with zero attached hydrogens (tertiary/aromatic N) is 2. The summed E-state index contributed by atoms with van der Waals surface area (Å²) in [5.41, 5.74) is 2.37. The van der Waals surface area contributed by atoms with Crippen LogP contribution < -0.4 is 10.0 Å². The van der Waals surface area contributed by atoms with Crippen molar-refractivity contribution in [3.63, 3.8) is 0 Å². The van der Waals surface area contributed by atoms with Gasteiger partial charge in [-0.05, 0) is 65.4 Å². The summed E-state index contributed by atoms with van der Waals surface area (Å²) in [5, 5.41) is 12.2. The number of nitrogens with one attached hydrogen (secondary N) is 2. The second-order valence-electron chi connectivity index (χ2n) is 8.03. The molecule has 0 saturated heterocycles. The third-order valence-corrected chi connectivity index (χ3v) is 7.45. The molecule has 4 aromatic rings. The Balaban J connectivity index is 1.63. The number of anilines is 1. The Morgan fingerprint density at radius 1 is 1.03 bits per heavy atom. The second kappa shape index (κ2) is 10.6. The van der Waals surface area contributed by atoms with Gasteiger partial charge in [-0.15, -0.1) is 0 Å². The van der Waals surface area contributed by atoms with E-state index in [1.165, 1.54) is 30.6 Å². The third-order valence-electron chi connectivity index (χ3n) is 5.39. The number of carbonyl (C=O) groups is 2. The molecule has 0 aliphatic rings. The van der Waals surface area contributed by atoms with E-state index in [4.69, 9.17) is 0 Å². The summed E-state index contributed by atoms with van der Waals surface area (Å²) in [5.74, 6) is -1.92. The minimum atomic E-state index is -4.16. The molecule has 36 heavy (non-hydrogen) atoms. The van der Waals surface area contributed by atoms with Gasteiger partial charge >= 0.3 is 5.97 Å². The van der Waals surface area contributed by atoms with Crippen molar-refractivity contribution in [3.05, 3.63) is 93.3 Å². The molecular weight excluding hydrogens is 595 g/mol. The molecule has 0 fully saturated rings. The molecule has 1 heterocycles. The quantitative estimate of drug-likeness (QED) is 0.256. The maximum atomic E-state index is 13.3. The molecule has 0 aliphatic carbocycles. The number of aliphatic carboxylic acids is 1. The summed E-state index contributed by atoms with van der Waals surface area (Å²) in [6.45, 7) is 1.92. The predicted octanol–water partition coefficient (Wildman–Crippen LogP) is 3.77. The Labute approximate surface area is 221 Å². The first kappa shape index (κ1) is 25.5. The third kappa shape index (κ3) is 5.79. The molecule has 0 aliphatic heterocycles. The minimum Gasteiger partial charge on any atom is -0.480 e. The maximum Gasteiger partial charge on any atom is 0.326 e. The van der Waals surface area contributed by atoms with Crippen LogP contribution in [0, 0.1) is 10.5 Å². The van der Waals surface area contributed by atoms with Crippen molar-refractivity contribution >= 4 is 61.2 Å². The number of aryl methyl sites for hydroxylation is 1. The molecule has 0 spiro atoms. The fourth-order valence-electron chi connectivity index (χ4n) is 3.58. The van der Waals surface area contributed by atoms with Crippen LogP contribution in [0.3, 0.4) is 0 Å². The highest BCUT2D eigenvalue weighted by molar-refractivity contribution is 14.1. The molecular formula is C25H21IN4O5S. The number of fused-ring (bicyclic) bond motifs is 1. The lowest BCUT2D eigenvalue weighted by molar-refractivity contribution is -0.139. The van der Waals surface area contributed by atoms with Gasteiger partial charge in [0.2, 0.25) is 0 Å². The number of aromatic nitrogens is 2. The van der Waals surface area contributed by atoms with Crippen molar-refractivity contribution < 1.29 is 23.1 Å². The number of halogens is 1. The molecule has 0 saturated carbocycles. The molecule has 3 aromatic carbocycles. The number of carboxylic acid groups (broad SMARTS) is 1. The van der Waals surface area contributed by atoms with E-state index in [1.807, 2.05) is 41.6 Å². The van der Waals surface area contributed by atoms with Crippen LogP contribution in [0.15, 0.2) is 78.0 Å². The Kier molecular flexibility index (Phi) is 7.50. The van der Waals surface area contributed by atoms with E-state index in [9.17, 15) is 23.1 Å². The lowest BCUT2D eigenvalue weighted by Gasteiger charge is -2.17. The zero-order valence-corrected chi connectivity index (χ0v) is 21.9. The summed E-state index contributed by atoms with van der Waals surface area (Å²) >= 11 is 2.00. The number of hydrogen-bond acceptors (Lipinski definition) is 6. The molecule has 1 atom stereocenters. The zero-order valence-electron chi connectivity index (χ0n) is 19.0. The van der Waals surface area contributed by atoms with Crippen molar-refractivity contribution in [2.75, 3.05) is 4.72 Å². The fraction of sp³-hybridized carbons (Fsp3) is 0.120. The molecule has 4 rings (SSSR count). The van der Waals surface area contributed by atoms with Gasteiger partial charge in [0, 0.05) is 22.4 Å². The van der Waals surface area contributed by atoms with Crippen LogP contribution in [-0.2, 0) is 21.2 Å². The Morgan fingerprint density at radius 3 is 2.47 bits per heavy atom. The SMILES string of the molecule is Cc1ccc(C[C@H](NC(=O)c2ccc(I)cc2NS(=O)(=O)c2cccc3nccnc23)C(=O)O)cc1. The molecule has 0 unspecified atom stereocenters. The first-order valence-electron chi connectivity index (χ1n) is 10.8. The van der Waals surface area contributed by atoms with Gasteiger partial charge < -0.3 is 10.4 Å². The molecule has 184 valence electrons. The van der Waals surface area contributed by atoms with Crippen molar-refractivity contribution in [1.82, 2.24) is 15.3 Å². The number of hydrogen-bond donors (Lipinski definition) is 3. The van der Waals surface area contributed by atoms with Crippen LogP contribution >= 0.6 is 22.6 Å². The normalized spacial score (nSPS) is 12.2. The topological polar surface area (TPSA) is 138 Å². The number of carbonyl (C=O) groups excluding carboxylic acids is 1. The summed E-state index contributed by atoms with van der Waals surface area (Å²) in [6.07, 6.45) is 2.93. The molecule has 1 amide bonds. The van der Waals surface area contributed by atoms with Gasteiger partial charge in [0.05, 0.1) is 16.8 Å². The van der Waals surface area contributed by atoms with Crippen molar-refractivity contribution in [2.45, 2.75) is 24.3 Å². The van der Waals surface area contributed by atoms with E-state index in [-0.39, 0.29) is 28.1 Å². The van der Waals surface area contributed by atoms with Gasteiger partial charge in [-0.25, -0.2) is 13.2 Å².